The second kappa shape index (κ2) is 4.93. The smallest absolute Gasteiger partial charge is 0.362 e. The molecule has 5 atom stereocenters. The summed E-state index contributed by atoms with van der Waals surface area (Å²) in [5.74, 6) is -0.710. The Bertz CT molecular complexity index is 553. The Kier molecular flexibility index (Phi) is 3.13. The van der Waals surface area contributed by atoms with E-state index >= 15 is 0 Å². The van der Waals surface area contributed by atoms with Crippen molar-refractivity contribution in [3.05, 3.63) is 0 Å². The van der Waals surface area contributed by atoms with Crippen LogP contribution in [0.4, 0.5) is 0 Å². The Morgan fingerprint density at radius 2 is 2.23 bits per heavy atom. The molecule has 2 saturated heterocycles. The van der Waals surface area contributed by atoms with Crippen LogP contribution < -0.4 is 4.90 Å². The van der Waals surface area contributed by atoms with Crippen molar-refractivity contribution in [2.24, 2.45) is 17.3 Å². The van der Waals surface area contributed by atoms with Crippen LogP contribution in [0.1, 0.15) is 12.8 Å². The van der Waals surface area contributed by atoms with E-state index in [4.69, 9.17) is 14.2 Å². The molecule has 4 fully saturated rings. The summed E-state index contributed by atoms with van der Waals surface area (Å²) in [6, 6.07) is 2.16. The lowest BCUT2D eigenvalue weighted by molar-refractivity contribution is -0.900. The molecule has 4 aliphatic rings. The molecule has 2 aliphatic carbocycles. The third kappa shape index (κ3) is 1.87. The van der Waals surface area contributed by atoms with Gasteiger partial charge in [0.1, 0.15) is 25.3 Å². The largest absolute Gasteiger partial charge is 0.457 e. The van der Waals surface area contributed by atoms with Crippen molar-refractivity contribution in [2.45, 2.75) is 25.0 Å². The average Bonchev–Trinajstić information content (AvgIpc) is 3.10. The molecule has 118 valence electrons. The van der Waals surface area contributed by atoms with Crippen molar-refractivity contribution in [3.8, 4) is 6.07 Å². The van der Waals surface area contributed by atoms with Gasteiger partial charge in [0.25, 0.3) is 0 Å². The van der Waals surface area contributed by atoms with Gasteiger partial charge in [0.15, 0.2) is 12.0 Å². The zero-order chi connectivity index (χ0) is 15.3. The number of carbonyl (C=O) groups excluding carboxylic acids is 2. The van der Waals surface area contributed by atoms with Gasteiger partial charge in [0, 0.05) is 11.8 Å². The quantitative estimate of drug-likeness (QED) is 0.624. The number of carbonyl (C=O) groups is 2. The Morgan fingerprint density at radius 1 is 1.45 bits per heavy atom. The highest BCUT2D eigenvalue weighted by Gasteiger charge is 2.72. The molecule has 4 rings (SSSR count). The number of morpholine rings is 1. The number of nitrogens with zero attached hydrogens (tertiary/aromatic N) is 1. The minimum Gasteiger partial charge on any atom is -0.457 e. The van der Waals surface area contributed by atoms with Crippen molar-refractivity contribution in [3.63, 3.8) is 0 Å². The molecular weight excluding hydrogens is 288 g/mol. The number of hydrogen-bond acceptors (Lipinski definition) is 6. The first-order valence-electron chi connectivity index (χ1n) is 7.87. The van der Waals surface area contributed by atoms with E-state index < -0.39 is 17.5 Å². The molecule has 0 aromatic heterocycles. The molecule has 0 amide bonds. The number of fused-ring (bicyclic) bond motifs is 1. The van der Waals surface area contributed by atoms with Crippen LogP contribution in [-0.2, 0) is 23.8 Å². The maximum absolute atomic E-state index is 12.2. The molecule has 7 heteroatoms. The van der Waals surface area contributed by atoms with Crippen LogP contribution >= 0.6 is 0 Å². The zero-order valence-electron chi connectivity index (χ0n) is 12.2. The van der Waals surface area contributed by atoms with Gasteiger partial charge in [-0.05, 0) is 12.8 Å². The molecule has 2 bridgehead atoms. The van der Waals surface area contributed by atoms with Gasteiger partial charge in [-0.25, -0.2) is 4.79 Å². The van der Waals surface area contributed by atoms with Crippen LogP contribution in [0.3, 0.4) is 0 Å². The highest BCUT2D eigenvalue weighted by atomic mass is 16.6. The maximum Gasteiger partial charge on any atom is 0.362 e. The van der Waals surface area contributed by atoms with Gasteiger partial charge >= 0.3 is 11.9 Å². The van der Waals surface area contributed by atoms with Gasteiger partial charge in [0.2, 0.25) is 0 Å². The van der Waals surface area contributed by atoms with Crippen LogP contribution in [0, 0.1) is 28.6 Å². The first-order chi connectivity index (χ1) is 10.6. The average molecular weight is 307 g/mol. The lowest BCUT2D eigenvalue weighted by Gasteiger charge is -2.29. The number of quaternary nitrogens is 1. The molecule has 0 spiro atoms. The Labute approximate surface area is 128 Å². The van der Waals surface area contributed by atoms with Crippen molar-refractivity contribution in [2.75, 3.05) is 32.8 Å². The summed E-state index contributed by atoms with van der Waals surface area (Å²) in [5, 5.41) is 9.35. The Morgan fingerprint density at radius 3 is 2.95 bits per heavy atom. The zero-order valence-corrected chi connectivity index (χ0v) is 12.2. The minimum absolute atomic E-state index is 0.0738. The van der Waals surface area contributed by atoms with Crippen LogP contribution in [0.2, 0.25) is 0 Å². The Hall–Kier alpha value is -1.65. The molecule has 7 nitrogen and oxygen atoms in total. The first-order valence-corrected chi connectivity index (χ1v) is 7.87. The van der Waals surface area contributed by atoms with E-state index in [1.807, 2.05) is 0 Å². The molecule has 0 radical (unpaired) electrons. The van der Waals surface area contributed by atoms with Crippen LogP contribution in [0.5, 0.6) is 0 Å². The fourth-order valence-electron chi connectivity index (χ4n) is 4.52. The molecule has 5 unspecified atom stereocenters. The summed E-state index contributed by atoms with van der Waals surface area (Å²) in [6.07, 6.45) is 0.415. The van der Waals surface area contributed by atoms with E-state index in [2.05, 4.69) is 6.07 Å². The summed E-state index contributed by atoms with van der Waals surface area (Å²) >= 11 is 0. The molecule has 2 saturated carbocycles. The van der Waals surface area contributed by atoms with Gasteiger partial charge in [-0.1, -0.05) is 0 Å². The topological polar surface area (TPSA) is 90.1 Å². The Balaban J connectivity index is 1.40. The normalized spacial score (nSPS) is 43.0. The van der Waals surface area contributed by atoms with E-state index in [0.29, 0.717) is 26.2 Å². The van der Waals surface area contributed by atoms with Crippen LogP contribution in [0.25, 0.3) is 0 Å². The molecule has 22 heavy (non-hydrogen) atoms. The fourth-order valence-corrected chi connectivity index (χ4v) is 4.52. The van der Waals surface area contributed by atoms with Crippen LogP contribution in [-0.4, -0.2) is 57.0 Å². The molecule has 2 heterocycles. The predicted octanol–water partition coefficient (Wildman–Crippen LogP) is -1.71. The number of ether oxygens (including phenoxy) is 3. The van der Waals surface area contributed by atoms with E-state index in [1.54, 1.807) is 0 Å². The molecule has 2 aliphatic heterocycles. The van der Waals surface area contributed by atoms with Gasteiger partial charge < -0.3 is 19.1 Å². The lowest BCUT2D eigenvalue weighted by Crippen LogP contribution is -3.15. The number of esters is 2. The maximum atomic E-state index is 12.2. The SMILES string of the molecule is N#CC12CC3CC1C(OC2=O)C3OC(=O)C[NH+]1CCOCC1. The summed E-state index contributed by atoms with van der Waals surface area (Å²) in [6.45, 7) is 3.27. The molecule has 0 aromatic rings. The number of nitriles is 1. The van der Waals surface area contributed by atoms with Crippen molar-refractivity contribution < 1.29 is 28.7 Å². The van der Waals surface area contributed by atoms with Crippen molar-refractivity contribution >= 4 is 11.9 Å². The van der Waals surface area contributed by atoms with Crippen molar-refractivity contribution in [1.29, 1.82) is 5.26 Å². The second-order valence-corrected chi connectivity index (χ2v) is 6.75. The highest BCUT2D eigenvalue weighted by Crippen LogP contribution is 2.62. The number of nitrogens with one attached hydrogen (secondary N) is 1. The van der Waals surface area contributed by atoms with Gasteiger partial charge in [-0.15, -0.1) is 0 Å². The van der Waals surface area contributed by atoms with Gasteiger partial charge in [-0.3, -0.25) is 4.79 Å². The molecule has 1 N–H and O–H groups in total. The van der Waals surface area contributed by atoms with Gasteiger partial charge in [0.05, 0.1) is 19.3 Å². The summed E-state index contributed by atoms with van der Waals surface area (Å²) in [4.78, 5) is 25.3. The summed E-state index contributed by atoms with van der Waals surface area (Å²) in [7, 11) is 0. The number of hydrogen-bond donors (Lipinski definition) is 1. The molecular formula is C15H19N2O5+. The van der Waals surface area contributed by atoms with Gasteiger partial charge in [-0.2, -0.15) is 5.26 Å². The van der Waals surface area contributed by atoms with E-state index in [1.165, 1.54) is 0 Å². The third-order valence-corrected chi connectivity index (χ3v) is 5.63. The predicted molar refractivity (Wildman–Crippen MR) is 70.4 cm³/mol. The standard InChI is InChI=1S/C15H18N2O5/c16-8-15-6-9-5-10(15)13(22-14(15)19)12(9)21-11(18)7-17-1-3-20-4-2-17/h9-10,12-13H,1-7H2/p+1. The summed E-state index contributed by atoms with van der Waals surface area (Å²) < 4.78 is 16.3. The monoisotopic (exact) mass is 307 g/mol. The van der Waals surface area contributed by atoms with Crippen LogP contribution in [0.15, 0.2) is 0 Å². The van der Waals surface area contributed by atoms with Crippen molar-refractivity contribution in [1.82, 2.24) is 0 Å². The van der Waals surface area contributed by atoms with E-state index in [0.717, 1.165) is 24.4 Å². The van der Waals surface area contributed by atoms with E-state index in [-0.39, 0.29) is 23.9 Å². The number of rotatable bonds is 3. The fraction of sp³-hybridized carbons (Fsp3) is 0.800. The third-order valence-electron chi connectivity index (χ3n) is 5.63. The summed E-state index contributed by atoms with van der Waals surface area (Å²) in [5.41, 5.74) is -0.978. The second-order valence-electron chi connectivity index (χ2n) is 6.75. The first kappa shape index (κ1) is 14.0. The van der Waals surface area contributed by atoms with E-state index in [9.17, 15) is 14.9 Å². The highest BCUT2D eigenvalue weighted by molar-refractivity contribution is 5.84. The lowest BCUT2D eigenvalue weighted by atomic mass is 9.75. The minimum atomic E-state index is -0.978. The molecule has 0 aromatic carbocycles.